The maximum atomic E-state index is 13.0. The maximum absolute atomic E-state index is 13.0. The van der Waals surface area contributed by atoms with Crippen molar-refractivity contribution in [2.45, 2.75) is 63.3 Å². The lowest BCUT2D eigenvalue weighted by Gasteiger charge is -2.43. The Morgan fingerprint density at radius 3 is 2.65 bits per heavy atom. The van der Waals surface area contributed by atoms with Crippen LogP contribution in [0.25, 0.3) is 0 Å². The van der Waals surface area contributed by atoms with Gasteiger partial charge in [-0.2, -0.15) is 0 Å². The molecule has 2 amide bonds. The third-order valence-electron chi connectivity index (χ3n) is 6.74. The molecule has 2 heterocycles. The van der Waals surface area contributed by atoms with Crippen LogP contribution < -0.4 is 11.1 Å². The van der Waals surface area contributed by atoms with Gasteiger partial charge in [-0.3, -0.25) is 14.5 Å². The SMILES string of the molecule is NCCNC(=O)[C@H]1CC(N(Cc2ccccc2)CC2CCCO2)CCN1C(=O)C1CC1. The first-order valence-electron chi connectivity index (χ1n) is 11.8. The van der Waals surface area contributed by atoms with Gasteiger partial charge in [0.05, 0.1) is 6.10 Å². The quantitative estimate of drug-likeness (QED) is 0.623. The van der Waals surface area contributed by atoms with Gasteiger partial charge in [-0.1, -0.05) is 30.3 Å². The molecule has 3 fully saturated rings. The van der Waals surface area contributed by atoms with Gasteiger partial charge in [0.1, 0.15) is 6.04 Å². The third-order valence-corrected chi connectivity index (χ3v) is 6.74. The molecule has 2 aliphatic heterocycles. The Labute approximate surface area is 185 Å². The molecule has 1 aromatic carbocycles. The zero-order valence-corrected chi connectivity index (χ0v) is 18.4. The number of carbonyl (C=O) groups is 2. The lowest BCUT2D eigenvalue weighted by Crippen LogP contribution is -2.58. The lowest BCUT2D eigenvalue weighted by molar-refractivity contribution is -0.145. The molecule has 7 heteroatoms. The van der Waals surface area contributed by atoms with Crippen molar-refractivity contribution in [3.63, 3.8) is 0 Å². The minimum atomic E-state index is -0.416. The van der Waals surface area contributed by atoms with E-state index in [-0.39, 0.29) is 29.9 Å². The molecule has 3 atom stereocenters. The Kier molecular flexibility index (Phi) is 7.58. The lowest BCUT2D eigenvalue weighted by atomic mass is 9.93. The molecule has 2 unspecified atom stereocenters. The largest absolute Gasteiger partial charge is 0.377 e. The molecule has 4 rings (SSSR count). The molecular weight excluding hydrogens is 392 g/mol. The fourth-order valence-corrected chi connectivity index (χ4v) is 4.88. The summed E-state index contributed by atoms with van der Waals surface area (Å²) >= 11 is 0. The molecule has 3 aliphatic rings. The van der Waals surface area contributed by atoms with Crippen LogP contribution in [-0.4, -0.2) is 72.6 Å². The second kappa shape index (κ2) is 10.6. The first-order valence-corrected chi connectivity index (χ1v) is 11.8. The molecule has 2 saturated heterocycles. The Hall–Kier alpha value is -1.96. The second-order valence-corrected chi connectivity index (χ2v) is 9.13. The van der Waals surface area contributed by atoms with Crippen LogP contribution in [0.1, 0.15) is 44.1 Å². The zero-order chi connectivity index (χ0) is 21.6. The number of nitrogens with one attached hydrogen (secondary N) is 1. The monoisotopic (exact) mass is 428 g/mol. The van der Waals surface area contributed by atoms with Gasteiger partial charge in [-0.25, -0.2) is 0 Å². The number of ether oxygens (including phenoxy) is 1. The van der Waals surface area contributed by atoms with E-state index in [2.05, 4.69) is 34.5 Å². The number of nitrogens with zero attached hydrogens (tertiary/aromatic N) is 2. The molecule has 7 nitrogen and oxygen atoms in total. The number of carbonyl (C=O) groups excluding carboxylic acids is 2. The summed E-state index contributed by atoms with van der Waals surface area (Å²) < 4.78 is 5.94. The van der Waals surface area contributed by atoms with Crippen molar-refractivity contribution in [3.8, 4) is 0 Å². The highest BCUT2D eigenvalue weighted by Gasteiger charge is 2.43. The third kappa shape index (κ3) is 5.84. The summed E-state index contributed by atoms with van der Waals surface area (Å²) in [5.41, 5.74) is 6.86. The molecule has 1 saturated carbocycles. The first-order chi connectivity index (χ1) is 15.2. The molecule has 170 valence electrons. The number of hydrogen-bond acceptors (Lipinski definition) is 5. The van der Waals surface area contributed by atoms with Gasteiger partial charge >= 0.3 is 0 Å². The first kappa shape index (κ1) is 22.2. The number of rotatable bonds is 9. The molecule has 0 spiro atoms. The molecule has 0 aromatic heterocycles. The summed E-state index contributed by atoms with van der Waals surface area (Å²) in [4.78, 5) is 30.2. The van der Waals surface area contributed by atoms with E-state index in [9.17, 15) is 9.59 Å². The fraction of sp³-hybridized carbons (Fsp3) is 0.667. The van der Waals surface area contributed by atoms with Crippen molar-refractivity contribution in [1.82, 2.24) is 15.1 Å². The fourth-order valence-electron chi connectivity index (χ4n) is 4.88. The Morgan fingerprint density at radius 2 is 1.97 bits per heavy atom. The van der Waals surface area contributed by atoms with Gasteiger partial charge in [0.15, 0.2) is 0 Å². The van der Waals surface area contributed by atoms with E-state index < -0.39 is 6.04 Å². The molecule has 1 aromatic rings. The van der Waals surface area contributed by atoms with Crippen LogP contribution in [0.15, 0.2) is 30.3 Å². The van der Waals surface area contributed by atoms with Crippen molar-refractivity contribution in [3.05, 3.63) is 35.9 Å². The van der Waals surface area contributed by atoms with Crippen molar-refractivity contribution in [1.29, 1.82) is 0 Å². The molecule has 1 aliphatic carbocycles. The topological polar surface area (TPSA) is 87.9 Å². The summed E-state index contributed by atoms with van der Waals surface area (Å²) in [6.07, 6.45) is 5.91. The van der Waals surface area contributed by atoms with Gasteiger partial charge in [0.2, 0.25) is 11.8 Å². The van der Waals surface area contributed by atoms with E-state index in [4.69, 9.17) is 10.5 Å². The van der Waals surface area contributed by atoms with Crippen LogP contribution in [0.3, 0.4) is 0 Å². The standard InChI is InChI=1S/C24H36N4O3/c25-11-12-26-23(29)22-15-20(10-13-28(22)24(30)19-8-9-19)27(17-21-7-4-14-31-21)16-18-5-2-1-3-6-18/h1-3,5-6,19-22H,4,7-17,25H2,(H,26,29)/t20?,21?,22-/m1/s1. The van der Waals surface area contributed by atoms with E-state index in [1.165, 1.54) is 5.56 Å². The van der Waals surface area contributed by atoms with Gasteiger partial charge in [-0.15, -0.1) is 0 Å². The van der Waals surface area contributed by atoms with E-state index in [1.807, 2.05) is 11.0 Å². The van der Waals surface area contributed by atoms with Gasteiger partial charge in [0, 0.05) is 51.3 Å². The zero-order valence-electron chi connectivity index (χ0n) is 18.4. The van der Waals surface area contributed by atoms with Crippen molar-refractivity contribution < 1.29 is 14.3 Å². The number of likely N-dealkylation sites (tertiary alicyclic amines) is 1. The summed E-state index contributed by atoms with van der Waals surface area (Å²) in [5.74, 6) is 0.203. The van der Waals surface area contributed by atoms with Crippen molar-refractivity contribution in [2.75, 3.05) is 32.8 Å². The summed E-state index contributed by atoms with van der Waals surface area (Å²) in [7, 11) is 0. The average molecular weight is 429 g/mol. The number of benzene rings is 1. The highest BCUT2D eigenvalue weighted by molar-refractivity contribution is 5.89. The van der Waals surface area contributed by atoms with Gasteiger partial charge in [-0.05, 0) is 44.1 Å². The van der Waals surface area contributed by atoms with Crippen molar-refractivity contribution >= 4 is 11.8 Å². The average Bonchev–Trinajstić information content (AvgIpc) is 3.53. The van der Waals surface area contributed by atoms with Crippen LogP contribution in [0.2, 0.25) is 0 Å². The maximum Gasteiger partial charge on any atom is 0.242 e. The number of hydrogen-bond donors (Lipinski definition) is 2. The van der Waals surface area contributed by atoms with E-state index in [0.29, 0.717) is 26.1 Å². The molecule has 0 bridgehead atoms. The smallest absolute Gasteiger partial charge is 0.242 e. The molecular formula is C24H36N4O3. The molecule has 0 radical (unpaired) electrons. The van der Waals surface area contributed by atoms with Crippen LogP contribution in [0.5, 0.6) is 0 Å². The van der Waals surface area contributed by atoms with Crippen LogP contribution in [-0.2, 0) is 20.9 Å². The number of piperidine rings is 1. The normalized spacial score (nSPS) is 26.3. The summed E-state index contributed by atoms with van der Waals surface area (Å²) in [6.45, 7) is 4.01. The van der Waals surface area contributed by atoms with Crippen molar-refractivity contribution in [2.24, 2.45) is 11.7 Å². The van der Waals surface area contributed by atoms with Crippen LogP contribution in [0, 0.1) is 5.92 Å². The molecule has 3 N–H and O–H groups in total. The Morgan fingerprint density at radius 1 is 1.16 bits per heavy atom. The van der Waals surface area contributed by atoms with E-state index in [0.717, 1.165) is 51.8 Å². The van der Waals surface area contributed by atoms with Crippen LogP contribution in [0.4, 0.5) is 0 Å². The molecule has 31 heavy (non-hydrogen) atoms. The predicted molar refractivity (Wildman–Crippen MR) is 119 cm³/mol. The number of nitrogens with two attached hydrogens (primary N) is 1. The van der Waals surface area contributed by atoms with Crippen LogP contribution >= 0.6 is 0 Å². The summed E-state index contributed by atoms with van der Waals surface area (Å²) in [6, 6.07) is 10.3. The minimum Gasteiger partial charge on any atom is -0.377 e. The Balaban J connectivity index is 1.49. The minimum absolute atomic E-state index is 0.0686. The Bertz CT molecular complexity index is 734. The highest BCUT2D eigenvalue weighted by Crippen LogP contribution is 2.34. The van der Waals surface area contributed by atoms with E-state index >= 15 is 0 Å². The number of amides is 2. The van der Waals surface area contributed by atoms with E-state index in [1.54, 1.807) is 0 Å². The second-order valence-electron chi connectivity index (χ2n) is 9.13. The van der Waals surface area contributed by atoms with Gasteiger partial charge in [0.25, 0.3) is 0 Å². The highest BCUT2D eigenvalue weighted by atomic mass is 16.5. The predicted octanol–water partition coefficient (Wildman–Crippen LogP) is 1.51. The summed E-state index contributed by atoms with van der Waals surface area (Å²) in [5, 5.41) is 2.93. The van der Waals surface area contributed by atoms with Gasteiger partial charge < -0.3 is 20.7 Å².